The Morgan fingerprint density at radius 3 is 3.10 bits per heavy atom. The first-order valence-corrected chi connectivity index (χ1v) is 8.94. The van der Waals surface area contributed by atoms with Gasteiger partial charge in [-0.2, -0.15) is 11.8 Å². The molecule has 0 spiro atoms. The van der Waals surface area contributed by atoms with Crippen molar-refractivity contribution in [2.45, 2.75) is 18.9 Å². The van der Waals surface area contributed by atoms with Crippen LogP contribution in [0.5, 0.6) is 0 Å². The van der Waals surface area contributed by atoms with Crippen LogP contribution in [0, 0.1) is 0 Å². The van der Waals surface area contributed by atoms with Crippen molar-refractivity contribution in [3.63, 3.8) is 0 Å². The van der Waals surface area contributed by atoms with Crippen molar-refractivity contribution in [2.24, 2.45) is 5.16 Å². The smallest absolute Gasteiger partial charge is 0.266 e. The Labute approximate surface area is 131 Å². The lowest BCUT2D eigenvalue weighted by Gasteiger charge is -2.22. The van der Waals surface area contributed by atoms with Gasteiger partial charge in [-0.3, -0.25) is 4.79 Å². The van der Waals surface area contributed by atoms with Gasteiger partial charge in [-0.15, -0.1) is 11.3 Å². The van der Waals surface area contributed by atoms with Gasteiger partial charge in [-0.1, -0.05) is 16.8 Å². The number of amides is 1. The maximum absolute atomic E-state index is 12.4. The Morgan fingerprint density at radius 1 is 1.40 bits per heavy atom. The van der Waals surface area contributed by atoms with E-state index in [0.717, 1.165) is 45.9 Å². The number of thioether (sulfide) groups is 1. The summed E-state index contributed by atoms with van der Waals surface area (Å²) in [6, 6.07) is 3.76. The summed E-state index contributed by atoms with van der Waals surface area (Å²) in [4.78, 5) is 20.7. The molecule has 0 unspecified atom stereocenters. The van der Waals surface area contributed by atoms with Crippen molar-refractivity contribution in [3.05, 3.63) is 21.3 Å². The largest absolute Gasteiger partial charge is 0.382 e. The first-order chi connectivity index (χ1) is 9.74. The van der Waals surface area contributed by atoms with Crippen LogP contribution >= 0.6 is 34.7 Å². The SMILES string of the molecule is O=C([C@@H]1CC(c2ccc(Cl)s2)=NO1)N1CCCSCC1. The minimum absolute atomic E-state index is 0.0638. The average molecular weight is 331 g/mol. The minimum Gasteiger partial charge on any atom is -0.382 e. The monoisotopic (exact) mass is 330 g/mol. The zero-order valence-corrected chi connectivity index (χ0v) is 13.3. The Bertz CT molecular complexity index is 524. The molecule has 2 aliphatic heterocycles. The van der Waals surface area contributed by atoms with Crippen LogP contribution in [0.25, 0.3) is 0 Å². The molecule has 1 amide bonds. The van der Waals surface area contributed by atoms with Crippen LogP contribution in [-0.2, 0) is 9.63 Å². The van der Waals surface area contributed by atoms with E-state index in [1.54, 1.807) is 0 Å². The molecule has 7 heteroatoms. The van der Waals surface area contributed by atoms with Crippen molar-refractivity contribution in [1.82, 2.24) is 4.90 Å². The fraction of sp³-hybridized carbons (Fsp3) is 0.538. The van der Waals surface area contributed by atoms with Gasteiger partial charge in [0.25, 0.3) is 5.91 Å². The molecule has 1 aromatic heterocycles. The van der Waals surface area contributed by atoms with Gasteiger partial charge in [0.05, 0.1) is 9.21 Å². The van der Waals surface area contributed by atoms with E-state index < -0.39 is 6.10 Å². The highest BCUT2D eigenvalue weighted by molar-refractivity contribution is 7.99. The number of carbonyl (C=O) groups excluding carboxylic acids is 1. The molecule has 4 nitrogen and oxygen atoms in total. The number of hydrogen-bond donors (Lipinski definition) is 0. The summed E-state index contributed by atoms with van der Waals surface area (Å²) in [6.07, 6.45) is 1.13. The van der Waals surface area contributed by atoms with E-state index >= 15 is 0 Å². The molecule has 1 fully saturated rings. The number of carbonyl (C=O) groups is 1. The normalized spacial score (nSPS) is 23.1. The van der Waals surface area contributed by atoms with Crippen LogP contribution in [0.1, 0.15) is 17.7 Å². The van der Waals surface area contributed by atoms with Gasteiger partial charge in [0.1, 0.15) is 5.71 Å². The molecule has 0 aliphatic carbocycles. The topological polar surface area (TPSA) is 41.9 Å². The molecule has 1 atom stereocenters. The van der Waals surface area contributed by atoms with Gasteiger partial charge in [0.15, 0.2) is 0 Å². The molecular formula is C13H15ClN2O2S2. The number of thiophene rings is 1. The summed E-state index contributed by atoms with van der Waals surface area (Å²) in [5, 5.41) is 4.06. The molecule has 0 aromatic carbocycles. The van der Waals surface area contributed by atoms with Gasteiger partial charge in [0.2, 0.25) is 6.10 Å². The summed E-state index contributed by atoms with van der Waals surface area (Å²) in [5.41, 5.74) is 0.824. The van der Waals surface area contributed by atoms with E-state index in [1.165, 1.54) is 11.3 Å². The third kappa shape index (κ3) is 3.13. The Balaban J connectivity index is 1.61. The number of rotatable bonds is 2. The Hall–Kier alpha value is -0.720. The summed E-state index contributed by atoms with van der Waals surface area (Å²) in [6.45, 7) is 1.63. The van der Waals surface area contributed by atoms with Crippen molar-refractivity contribution in [1.29, 1.82) is 0 Å². The molecule has 20 heavy (non-hydrogen) atoms. The number of hydrogen-bond acceptors (Lipinski definition) is 5. The minimum atomic E-state index is -0.464. The molecular weight excluding hydrogens is 316 g/mol. The maximum atomic E-state index is 12.4. The van der Waals surface area contributed by atoms with Gasteiger partial charge in [-0.05, 0) is 24.3 Å². The van der Waals surface area contributed by atoms with Gasteiger partial charge < -0.3 is 9.74 Å². The lowest BCUT2D eigenvalue weighted by Crippen LogP contribution is -2.40. The predicted octanol–water partition coefficient (Wildman–Crippen LogP) is 2.86. The number of oxime groups is 1. The van der Waals surface area contributed by atoms with E-state index in [0.29, 0.717) is 6.42 Å². The lowest BCUT2D eigenvalue weighted by molar-refractivity contribution is -0.141. The summed E-state index contributed by atoms with van der Waals surface area (Å²) < 4.78 is 0.724. The first-order valence-electron chi connectivity index (χ1n) is 6.59. The van der Waals surface area contributed by atoms with Crippen LogP contribution in [-0.4, -0.2) is 47.2 Å². The standard InChI is InChI=1S/C13H15ClN2O2S2/c14-12-3-2-11(20-12)9-8-10(18-15-9)13(17)16-4-1-6-19-7-5-16/h2-3,10H,1,4-8H2/t10-/m0/s1. The second kappa shape index (κ2) is 6.37. The molecule has 1 saturated heterocycles. The van der Waals surface area contributed by atoms with Crippen molar-refractivity contribution in [3.8, 4) is 0 Å². The summed E-state index contributed by atoms with van der Waals surface area (Å²) in [7, 11) is 0. The van der Waals surface area contributed by atoms with Crippen molar-refractivity contribution < 1.29 is 9.63 Å². The predicted molar refractivity (Wildman–Crippen MR) is 83.9 cm³/mol. The number of halogens is 1. The molecule has 108 valence electrons. The quantitative estimate of drug-likeness (QED) is 0.837. The van der Waals surface area contributed by atoms with E-state index in [9.17, 15) is 4.79 Å². The summed E-state index contributed by atoms with van der Waals surface area (Å²) in [5.74, 6) is 2.20. The molecule has 0 bridgehead atoms. The van der Waals surface area contributed by atoms with Crippen LogP contribution in [0.15, 0.2) is 17.3 Å². The molecule has 3 heterocycles. The highest BCUT2D eigenvalue weighted by Gasteiger charge is 2.33. The van der Waals surface area contributed by atoms with E-state index in [2.05, 4.69) is 5.16 Å². The second-order valence-corrected chi connectivity index (χ2v) is 7.67. The third-order valence-corrected chi connectivity index (χ3v) is 5.66. The van der Waals surface area contributed by atoms with Crippen LogP contribution < -0.4 is 0 Å². The molecule has 0 N–H and O–H groups in total. The molecule has 0 radical (unpaired) electrons. The first kappa shape index (κ1) is 14.2. The van der Waals surface area contributed by atoms with E-state index in [-0.39, 0.29) is 5.91 Å². The van der Waals surface area contributed by atoms with Crippen LogP contribution in [0.4, 0.5) is 0 Å². The van der Waals surface area contributed by atoms with Crippen molar-refractivity contribution in [2.75, 3.05) is 24.6 Å². The molecule has 1 aromatic rings. The molecule has 0 saturated carbocycles. The summed E-state index contributed by atoms with van der Waals surface area (Å²) >= 11 is 9.29. The van der Waals surface area contributed by atoms with Crippen LogP contribution in [0.3, 0.4) is 0 Å². The van der Waals surface area contributed by atoms with Gasteiger partial charge in [0, 0.05) is 25.3 Å². The van der Waals surface area contributed by atoms with Gasteiger partial charge >= 0.3 is 0 Å². The van der Waals surface area contributed by atoms with Gasteiger partial charge in [-0.25, -0.2) is 0 Å². The Kier molecular flexibility index (Phi) is 4.53. The Morgan fingerprint density at radius 2 is 2.30 bits per heavy atom. The van der Waals surface area contributed by atoms with Crippen LogP contribution in [0.2, 0.25) is 4.34 Å². The number of nitrogens with zero attached hydrogens (tertiary/aromatic N) is 2. The maximum Gasteiger partial charge on any atom is 0.266 e. The average Bonchev–Trinajstić information content (AvgIpc) is 3.00. The fourth-order valence-electron chi connectivity index (χ4n) is 2.29. The second-order valence-electron chi connectivity index (χ2n) is 4.73. The van der Waals surface area contributed by atoms with E-state index in [1.807, 2.05) is 28.8 Å². The zero-order chi connectivity index (χ0) is 13.9. The zero-order valence-electron chi connectivity index (χ0n) is 10.9. The highest BCUT2D eigenvalue weighted by atomic mass is 35.5. The fourth-order valence-corrected chi connectivity index (χ4v) is 4.21. The van der Waals surface area contributed by atoms with Crippen molar-refractivity contribution >= 4 is 46.3 Å². The third-order valence-electron chi connectivity index (χ3n) is 3.34. The lowest BCUT2D eigenvalue weighted by atomic mass is 10.1. The van der Waals surface area contributed by atoms with E-state index in [4.69, 9.17) is 16.4 Å². The highest BCUT2D eigenvalue weighted by Crippen LogP contribution is 2.27. The molecule has 2 aliphatic rings. The molecule has 3 rings (SSSR count).